The lowest BCUT2D eigenvalue weighted by molar-refractivity contribution is -0.132. The van der Waals surface area contributed by atoms with E-state index in [-0.39, 0.29) is 5.91 Å². The predicted octanol–water partition coefficient (Wildman–Crippen LogP) is 2.00. The number of nitrogens with zero attached hydrogens (tertiary/aromatic N) is 1. The molecule has 0 aromatic heterocycles. The van der Waals surface area contributed by atoms with Crippen LogP contribution in [0.5, 0.6) is 0 Å². The summed E-state index contributed by atoms with van der Waals surface area (Å²) < 4.78 is 0. The Morgan fingerprint density at radius 3 is 2.71 bits per heavy atom. The Morgan fingerprint density at radius 2 is 2.12 bits per heavy atom. The van der Waals surface area contributed by atoms with Crippen molar-refractivity contribution in [1.29, 1.82) is 0 Å². The zero-order valence-corrected chi connectivity index (χ0v) is 10.9. The average Bonchev–Trinajstić information content (AvgIpc) is 2.35. The molecule has 0 aromatic carbocycles. The van der Waals surface area contributed by atoms with Crippen LogP contribution in [-0.2, 0) is 4.79 Å². The maximum atomic E-state index is 12.3. The van der Waals surface area contributed by atoms with E-state index in [9.17, 15) is 9.59 Å². The highest BCUT2D eigenvalue weighted by molar-refractivity contribution is 7.80. The number of amides is 3. The second-order valence-corrected chi connectivity index (χ2v) is 5.13. The number of nitrogens with one attached hydrogen (secondary N) is 1. The van der Waals surface area contributed by atoms with Crippen LogP contribution in [0.2, 0.25) is 0 Å². The third-order valence-electron chi connectivity index (χ3n) is 3.64. The van der Waals surface area contributed by atoms with Gasteiger partial charge in [0.05, 0.1) is 0 Å². The van der Waals surface area contributed by atoms with Crippen molar-refractivity contribution in [3.8, 4) is 0 Å². The van der Waals surface area contributed by atoms with Gasteiger partial charge in [0.1, 0.15) is 10.4 Å². The van der Waals surface area contributed by atoms with Crippen molar-refractivity contribution in [2.75, 3.05) is 7.05 Å². The molecular formula is C12H16N2O2S. The van der Waals surface area contributed by atoms with E-state index in [1.807, 2.05) is 6.92 Å². The van der Waals surface area contributed by atoms with Crippen LogP contribution in [0.4, 0.5) is 4.79 Å². The van der Waals surface area contributed by atoms with Gasteiger partial charge in [0, 0.05) is 7.05 Å². The van der Waals surface area contributed by atoms with Gasteiger partial charge in [-0.3, -0.25) is 9.69 Å². The highest BCUT2D eigenvalue weighted by Gasteiger charge is 2.48. The fourth-order valence-electron chi connectivity index (χ4n) is 2.41. The number of imide groups is 1. The summed E-state index contributed by atoms with van der Waals surface area (Å²) in [4.78, 5) is 25.2. The predicted molar refractivity (Wildman–Crippen MR) is 68.6 cm³/mol. The standard InChI is InChI=1S/C12H16N2O2S/c1-12(8-6-4-3-5-7-8)9(17)13-11(16)14(2)10(12)15/h6H,3-5,7H2,1-2H3,(H,13,16,17). The number of hydrogen-bond donors (Lipinski definition) is 1. The Bertz CT molecular complexity index is 430. The van der Waals surface area contributed by atoms with Crippen molar-refractivity contribution in [1.82, 2.24) is 10.2 Å². The molecule has 17 heavy (non-hydrogen) atoms. The van der Waals surface area contributed by atoms with Crippen molar-refractivity contribution in [2.24, 2.45) is 5.41 Å². The van der Waals surface area contributed by atoms with Crippen molar-refractivity contribution in [3.05, 3.63) is 11.6 Å². The number of allylic oxidation sites excluding steroid dienone is 1. The van der Waals surface area contributed by atoms with Gasteiger partial charge in [-0.25, -0.2) is 4.79 Å². The first kappa shape index (κ1) is 12.2. The van der Waals surface area contributed by atoms with Crippen molar-refractivity contribution >= 4 is 29.1 Å². The Balaban J connectivity index is 2.40. The van der Waals surface area contributed by atoms with Crippen molar-refractivity contribution < 1.29 is 9.59 Å². The number of thiocarbonyl (C=S) groups is 1. The molecule has 4 nitrogen and oxygen atoms in total. The first-order valence-corrected chi connectivity index (χ1v) is 6.22. The average molecular weight is 252 g/mol. The molecule has 2 rings (SSSR count). The third kappa shape index (κ3) is 1.78. The largest absolute Gasteiger partial charge is 0.328 e. The smallest absolute Gasteiger partial charge is 0.300 e. The van der Waals surface area contributed by atoms with E-state index < -0.39 is 11.4 Å². The topological polar surface area (TPSA) is 49.4 Å². The summed E-state index contributed by atoms with van der Waals surface area (Å²) in [6.07, 6.45) is 6.20. The number of carbonyl (C=O) groups is 2. The molecule has 1 N–H and O–H groups in total. The van der Waals surface area contributed by atoms with Crippen LogP contribution in [0.25, 0.3) is 0 Å². The molecule has 0 radical (unpaired) electrons. The van der Waals surface area contributed by atoms with Gasteiger partial charge in [-0.15, -0.1) is 0 Å². The number of rotatable bonds is 1. The van der Waals surface area contributed by atoms with Gasteiger partial charge < -0.3 is 5.32 Å². The Hall–Kier alpha value is -1.23. The van der Waals surface area contributed by atoms with Gasteiger partial charge in [0.15, 0.2) is 0 Å². The second kappa shape index (κ2) is 4.22. The van der Waals surface area contributed by atoms with E-state index in [1.165, 1.54) is 7.05 Å². The number of carbonyl (C=O) groups excluding carboxylic acids is 2. The minimum absolute atomic E-state index is 0.223. The summed E-state index contributed by atoms with van der Waals surface area (Å²) in [5.41, 5.74) is 0.212. The molecule has 0 bridgehead atoms. The zero-order valence-electron chi connectivity index (χ0n) is 10.1. The lowest BCUT2D eigenvalue weighted by Crippen LogP contribution is -2.61. The monoisotopic (exact) mass is 252 g/mol. The van der Waals surface area contributed by atoms with Gasteiger partial charge >= 0.3 is 6.03 Å². The van der Waals surface area contributed by atoms with E-state index in [1.54, 1.807) is 0 Å². The van der Waals surface area contributed by atoms with Crippen molar-refractivity contribution in [3.63, 3.8) is 0 Å². The molecule has 1 unspecified atom stereocenters. The maximum absolute atomic E-state index is 12.3. The molecule has 1 heterocycles. The summed E-state index contributed by atoms with van der Waals surface area (Å²) in [6.45, 7) is 1.81. The van der Waals surface area contributed by atoms with Gasteiger partial charge in [-0.1, -0.05) is 23.9 Å². The molecule has 1 saturated heterocycles. The van der Waals surface area contributed by atoms with E-state index in [4.69, 9.17) is 12.2 Å². The number of urea groups is 1. The van der Waals surface area contributed by atoms with Gasteiger partial charge in [0.2, 0.25) is 5.91 Å². The van der Waals surface area contributed by atoms with Crippen LogP contribution < -0.4 is 5.32 Å². The highest BCUT2D eigenvalue weighted by atomic mass is 32.1. The fourth-order valence-corrected chi connectivity index (χ4v) is 2.71. The van der Waals surface area contributed by atoms with Crippen LogP contribution in [0.3, 0.4) is 0 Å². The molecule has 0 spiro atoms. The maximum Gasteiger partial charge on any atom is 0.328 e. The van der Waals surface area contributed by atoms with Crippen LogP contribution >= 0.6 is 12.2 Å². The fraction of sp³-hybridized carbons (Fsp3) is 0.583. The molecular weight excluding hydrogens is 236 g/mol. The quantitative estimate of drug-likeness (QED) is 0.573. The van der Waals surface area contributed by atoms with Crippen LogP contribution in [0.15, 0.2) is 11.6 Å². The lowest BCUT2D eigenvalue weighted by atomic mass is 9.75. The van der Waals surface area contributed by atoms with E-state index in [2.05, 4.69) is 11.4 Å². The summed E-state index contributed by atoms with van der Waals surface area (Å²) in [6, 6.07) is -0.436. The molecule has 0 aromatic rings. The van der Waals surface area contributed by atoms with E-state index >= 15 is 0 Å². The van der Waals surface area contributed by atoms with Crippen LogP contribution in [0.1, 0.15) is 32.6 Å². The minimum atomic E-state index is -0.835. The summed E-state index contributed by atoms with van der Waals surface area (Å²) >= 11 is 5.21. The first-order chi connectivity index (χ1) is 7.98. The Morgan fingerprint density at radius 1 is 1.41 bits per heavy atom. The van der Waals surface area contributed by atoms with E-state index in [0.29, 0.717) is 4.99 Å². The number of hydrogen-bond acceptors (Lipinski definition) is 3. The SMILES string of the molecule is CN1C(=O)NC(=S)C(C)(C2=CCCCC2)C1=O. The molecule has 2 aliphatic rings. The van der Waals surface area contributed by atoms with Gasteiger partial charge in [0.25, 0.3) is 0 Å². The molecule has 92 valence electrons. The van der Waals surface area contributed by atoms with Crippen LogP contribution in [-0.4, -0.2) is 28.9 Å². The Kier molecular flexibility index (Phi) is 3.03. The Labute approximate surface area is 106 Å². The third-order valence-corrected chi connectivity index (χ3v) is 4.16. The molecule has 1 aliphatic carbocycles. The van der Waals surface area contributed by atoms with Gasteiger partial charge in [-0.05, 0) is 32.6 Å². The lowest BCUT2D eigenvalue weighted by Gasteiger charge is -2.40. The summed E-state index contributed by atoms with van der Waals surface area (Å²) in [7, 11) is 1.49. The second-order valence-electron chi connectivity index (χ2n) is 4.72. The zero-order chi connectivity index (χ0) is 12.6. The molecule has 5 heteroatoms. The van der Waals surface area contributed by atoms with Gasteiger partial charge in [-0.2, -0.15) is 0 Å². The molecule has 0 saturated carbocycles. The molecule has 3 amide bonds. The molecule has 1 aliphatic heterocycles. The molecule has 1 atom stereocenters. The highest BCUT2D eigenvalue weighted by Crippen LogP contribution is 2.38. The first-order valence-electron chi connectivity index (χ1n) is 5.81. The van der Waals surface area contributed by atoms with Crippen LogP contribution in [0, 0.1) is 5.41 Å². The molecule has 1 fully saturated rings. The normalized spacial score (nSPS) is 30.1. The van der Waals surface area contributed by atoms with E-state index in [0.717, 1.165) is 36.2 Å². The summed E-state index contributed by atoms with van der Waals surface area (Å²) in [5.74, 6) is -0.223. The van der Waals surface area contributed by atoms with Crippen molar-refractivity contribution in [2.45, 2.75) is 32.6 Å². The minimum Gasteiger partial charge on any atom is -0.300 e. The summed E-state index contributed by atoms with van der Waals surface area (Å²) in [5, 5.41) is 2.60.